The molecule has 3 heteroatoms. The lowest BCUT2D eigenvalue weighted by molar-refractivity contribution is 0.626. The smallest absolute Gasteiger partial charge is 0.123 e. The molecule has 0 saturated heterocycles. The SMILES string of the molecule is Cc1cc(I)ccc1NC1CCc2cc(F)ccc21. The van der Waals surface area contributed by atoms with Gasteiger partial charge in [-0.05, 0) is 89.4 Å². The summed E-state index contributed by atoms with van der Waals surface area (Å²) >= 11 is 2.32. The summed E-state index contributed by atoms with van der Waals surface area (Å²) in [6, 6.07) is 11.8. The van der Waals surface area contributed by atoms with Gasteiger partial charge in [-0.2, -0.15) is 0 Å². The molecule has 2 aromatic rings. The molecule has 0 saturated carbocycles. The highest BCUT2D eigenvalue weighted by atomic mass is 127. The third kappa shape index (κ3) is 2.61. The molecule has 98 valence electrons. The number of hydrogen-bond donors (Lipinski definition) is 1. The number of hydrogen-bond acceptors (Lipinski definition) is 1. The van der Waals surface area contributed by atoms with E-state index in [4.69, 9.17) is 0 Å². The number of nitrogens with one attached hydrogen (secondary N) is 1. The van der Waals surface area contributed by atoms with Crippen LogP contribution < -0.4 is 5.32 Å². The normalized spacial score (nSPS) is 17.3. The Balaban J connectivity index is 1.86. The van der Waals surface area contributed by atoms with E-state index in [1.807, 2.05) is 6.07 Å². The molecule has 1 nitrogen and oxygen atoms in total. The molecule has 0 fully saturated rings. The van der Waals surface area contributed by atoms with E-state index < -0.39 is 0 Å². The minimum Gasteiger partial charge on any atom is -0.378 e. The number of anilines is 1. The Morgan fingerprint density at radius 1 is 1.21 bits per heavy atom. The van der Waals surface area contributed by atoms with Crippen LogP contribution in [0.25, 0.3) is 0 Å². The van der Waals surface area contributed by atoms with Crippen LogP contribution in [0.4, 0.5) is 10.1 Å². The molecule has 0 aromatic heterocycles. The van der Waals surface area contributed by atoms with Crippen LogP contribution in [-0.4, -0.2) is 0 Å². The van der Waals surface area contributed by atoms with Gasteiger partial charge in [0.1, 0.15) is 5.82 Å². The van der Waals surface area contributed by atoms with Gasteiger partial charge in [-0.1, -0.05) is 6.07 Å². The standard InChI is InChI=1S/C16H15FIN/c1-10-8-13(18)4-7-15(10)19-16-6-2-11-9-12(17)3-5-14(11)16/h3-5,7-9,16,19H,2,6H2,1H3. The maximum atomic E-state index is 13.2. The Kier molecular flexibility index (Phi) is 3.48. The van der Waals surface area contributed by atoms with Gasteiger partial charge in [0.25, 0.3) is 0 Å². The first kappa shape index (κ1) is 12.9. The minimum atomic E-state index is -0.134. The van der Waals surface area contributed by atoms with Gasteiger partial charge in [0, 0.05) is 9.26 Å². The fourth-order valence-electron chi connectivity index (χ4n) is 2.71. The summed E-state index contributed by atoms with van der Waals surface area (Å²) < 4.78 is 14.4. The number of rotatable bonds is 2. The Hall–Kier alpha value is -1.10. The van der Waals surface area contributed by atoms with E-state index in [2.05, 4.69) is 53.0 Å². The Bertz CT molecular complexity index is 624. The Morgan fingerprint density at radius 3 is 2.84 bits per heavy atom. The van der Waals surface area contributed by atoms with Gasteiger partial charge in [-0.25, -0.2) is 4.39 Å². The summed E-state index contributed by atoms with van der Waals surface area (Å²) in [7, 11) is 0. The van der Waals surface area contributed by atoms with E-state index in [1.165, 1.54) is 20.4 Å². The minimum absolute atomic E-state index is 0.134. The van der Waals surface area contributed by atoms with Crippen LogP contribution in [0.15, 0.2) is 36.4 Å². The number of fused-ring (bicyclic) bond motifs is 1. The van der Waals surface area contributed by atoms with E-state index >= 15 is 0 Å². The summed E-state index contributed by atoms with van der Waals surface area (Å²) in [6.45, 7) is 2.12. The molecule has 19 heavy (non-hydrogen) atoms. The number of benzene rings is 2. The molecular formula is C16H15FIN. The topological polar surface area (TPSA) is 12.0 Å². The van der Waals surface area contributed by atoms with Crippen molar-refractivity contribution in [3.63, 3.8) is 0 Å². The van der Waals surface area contributed by atoms with Crippen molar-refractivity contribution in [2.24, 2.45) is 0 Å². The molecular weight excluding hydrogens is 352 g/mol. The van der Waals surface area contributed by atoms with Crippen LogP contribution in [0.2, 0.25) is 0 Å². The van der Waals surface area contributed by atoms with Crippen LogP contribution in [0.5, 0.6) is 0 Å². The second kappa shape index (κ2) is 5.12. The fourth-order valence-corrected chi connectivity index (χ4v) is 3.36. The largest absolute Gasteiger partial charge is 0.378 e. The summed E-state index contributed by atoms with van der Waals surface area (Å²) in [6.07, 6.45) is 1.98. The van der Waals surface area contributed by atoms with Crippen molar-refractivity contribution in [1.29, 1.82) is 0 Å². The lowest BCUT2D eigenvalue weighted by Crippen LogP contribution is -2.08. The third-order valence-corrected chi connectivity index (χ3v) is 4.37. The lowest BCUT2D eigenvalue weighted by Gasteiger charge is -2.17. The van der Waals surface area contributed by atoms with Crippen LogP contribution in [0.3, 0.4) is 0 Å². The molecule has 0 radical (unpaired) electrons. The van der Waals surface area contributed by atoms with Crippen molar-refractivity contribution < 1.29 is 4.39 Å². The van der Waals surface area contributed by atoms with Gasteiger partial charge in [-0.3, -0.25) is 0 Å². The molecule has 0 amide bonds. The second-order valence-corrected chi connectivity index (χ2v) is 6.28. The van der Waals surface area contributed by atoms with Gasteiger partial charge in [0.15, 0.2) is 0 Å². The molecule has 1 atom stereocenters. The van der Waals surface area contributed by atoms with E-state index in [0.29, 0.717) is 6.04 Å². The zero-order chi connectivity index (χ0) is 13.4. The van der Waals surface area contributed by atoms with Crippen LogP contribution in [0, 0.1) is 16.3 Å². The maximum absolute atomic E-state index is 13.2. The van der Waals surface area contributed by atoms with Crippen molar-refractivity contribution in [3.05, 3.63) is 62.5 Å². The Labute approximate surface area is 126 Å². The van der Waals surface area contributed by atoms with Gasteiger partial charge in [-0.15, -0.1) is 0 Å². The van der Waals surface area contributed by atoms with Gasteiger partial charge in [0.2, 0.25) is 0 Å². The van der Waals surface area contributed by atoms with Crippen LogP contribution in [-0.2, 0) is 6.42 Å². The summed E-state index contributed by atoms with van der Waals surface area (Å²) in [5.74, 6) is -0.134. The first-order chi connectivity index (χ1) is 9.13. The molecule has 0 aliphatic heterocycles. The number of halogens is 2. The number of aryl methyl sites for hydroxylation is 2. The molecule has 0 spiro atoms. The first-order valence-electron chi connectivity index (χ1n) is 6.44. The van der Waals surface area contributed by atoms with E-state index in [9.17, 15) is 4.39 Å². The predicted molar refractivity (Wildman–Crippen MR) is 85.0 cm³/mol. The lowest BCUT2D eigenvalue weighted by atomic mass is 10.1. The average Bonchev–Trinajstić information content (AvgIpc) is 2.75. The van der Waals surface area contributed by atoms with Crippen molar-refractivity contribution in [2.45, 2.75) is 25.8 Å². The van der Waals surface area contributed by atoms with Gasteiger partial charge < -0.3 is 5.32 Å². The molecule has 1 N–H and O–H groups in total. The van der Waals surface area contributed by atoms with Crippen LogP contribution >= 0.6 is 22.6 Å². The van der Waals surface area contributed by atoms with Crippen molar-refractivity contribution in [3.8, 4) is 0 Å². The highest BCUT2D eigenvalue weighted by molar-refractivity contribution is 14.1. The highest BCUT2D eigenvalue weighted by Crippen LogP contribution is 2.35. The second-order valence-electron chi connectivity index (χ2n) is 5.04. The maximum Gasteiger partial charge on any atom is 0.123 e. The summed E-state index contributed by atoms with van der Waals surface area (Å²) in [4.78, 5) is 0. The van der Waals surface area contributed by atoms with Gasteiger partial charge >= 0.3 is 0 Å². The van der Waals surface area contributed by atoms with Crippen molar-refractivity contribution in [1.82, 2.24) is 0 Å². The highest BCUT2D eigenvalue weighted by Gasteiger charge is 2.22. The molecule has 3 rings (SSSR count). The van der Waals surface area contributed by atoms with E-state index in [0.717, 1.165) is 18.4 Å². The molecule has 0 heterocycles. The molecule has 1 aliphatic carbocycles. The fraction of sp³-hybridized carbons (Fsp3) is 0.250. The first-order valence-corrected chi connectivity index (χ1v) is 7.52. The molecule has 2 aromatic carbocycles. The van der Waals surface area contributed by atoms with E-state index in [1.54, 1.807) is 12.1 Å². The van der Waals surface area contributed by atoms with Crippen molar-refractivity contribution in [2.75, 3.05) is 5.32 Å². The van der Waals surface area contributed by atoms with Crippen LogP contribution in [0.1, 0.15) is 29.2 Å². The van der Waals surface area contributed by atoms with Gasteiger partial charge in [0.05, 0.1) is 6.04 Å². The molecule has 1 aliphatic rings. The molecule has 0 bridgehead atoms. The predicted octanol–water partition coefficient (Wildman–Crippen LogP) is 4.84. The molecule has 1 unspecified atom stereocenters. The third-order valence-electron chi connectivity index (χ3n) is 3.70. The summed E-state index contributed by atoms with van der Waals surface area (Å²) in [5, 5.41) is 3.59. The summed E-state index contributed by atoms with van der Waals surface area (Å²) in [5.41, 5.74) is 4.80. The average molecular weight is 367 g/mol. The van der Waals surface area contributed by atoms with Crippen molar-refractivity contribution >= 4 is 28.3 Å². The van der Waals surface area contributed by atoms with E-state index in [-0.39, 0.29) is 5.82 Å². The monoisotopic (exact) mass is 367 g/mol. The quantitative estimate of drug-likeness (QED) is 0.750. The zero-order valence-corrected chi connectivity index (χ0v) is 12.9. The zero-order valence-electron chi connectivity index (χ0n) is 10.7. The Morgan fingerprint density at radius 2 is 2.05 bits per heavy atom.